The fourth-order valence-corrected chi connectivity index (χ4v) is 6.28. The molecule has 1 aromatic heterocycles. The molecular formula is C41H27N. The van der Waals surface area contributed by atoms with Gasteiger partial charge in [0.15, 0.2) is 0 Å². The number of pyridine rings is 1. The Morgan fingerprint density at radius 2 is 0.762 bits per heavy atom. The van der Waals surface area contributed by atoms with Gasteiger partial charge < -0.3 is 0 Å². The molecule has 0 bridgehead atoms. The zero-order valence-corrected chi connectivity index (χ0v) is 23.0. The number of fused-ring (bicyclic) bond motifs is 3. The molecule has 8 aromatic rings. The second kappa shape index (κ2) is 10.1. The molecule has 0 fully saturated rings. The van der Waals surface area contributed by atoms with E-state index in [9.17, 15) is 0 Å². The van der Waals surface area contributed by atoms with Crippen molar-refractivity contribution < 1.29 is 0 Å². The van der Waals surface area contributed by atoms with Crippen molar-refractivity contribution in [1.82, 2.24) is 4.98 Å². The van der Waals surface area contributed by atoms with Gasteiger partial charge in [0.1, 0.15) is 0 Å². The standard InChI is InChI=1S/C41H27N/c1-3-11-28(12-4-1)39-24-23-34(27-42-39)32-20-19-31-26-33(22-21-30(31)25-32)41-37-17-9-7-15-35(37)40(29-13-5-2-6-14-29)36-16-8-10-18-38(36)41/h1-27H. The largest absolute Gasteiger partial charge is 0.256 e. The van der Waals surface area contributed by atoms with E-state index in [-0.39, 0.29) is 0 Å². The van der Waals surface area contributed by atoms with Gasteiger partial charge in [-0.3, -0.25) is 4.98 Å². The zero-order chi connectivity index (χ0) is 27.9. The third kappa shape index (κ3) is 4.15. The fraction of sp³-hybridized carbons (Fsp3) is 0. The third-order valence-electron chi connectivity index (χ3n) is 8.29. The van der Waals surface area contributed by atoms with Gasteiger partial charge in [-0.1, -0.05) is 140 Å². The van der Waals surface area contributed by atoms with Gasteiger partial charge in [-0.2, -0.15) is 0 Å². The molecule has 7 aromatic carbocycles. The van der Waals surface area contributed by atoms with Crippen LogP contribution < -0.4 is 0 Å². The van der Waals surface area contributed by atoms with E-state index >= 15 is 0 Å². The molecular weight excluding hydrogens is 506 g/mol. The fourth-order valence-electron chi connectivity index (χ4n) is 6.28. The van der Waals surface area contributed by atoms with Gasteiger partial charge in [0, 0.05) is 17.3 Å². The molecule has 0 aliphatic heterocycles. The molecule has 42 heavy (non-hydrogen) atoms. The first-order valence-electron chi connectivity index (χ1n) is 14.4. The van der Waals surface area contributed by atoms with Crippen LogP contribution in [-0.4, -0.2) is 4.98 Å². The van der Waals surface area contributed by atoms with Crippen LogP contribution in [0.15, 0.2) is 164 Å². The first-order chi connectivity index (χ1) is 20.8. The zero-order valence-electron chi connectivity index (χ0n) is 23.0. The van der Waals surface area contributed by atoms with E-state index in [1.165, 1.54) is 60.1 Å². The predicted molar refractivity (Wildman–Crippen MR) is 178 cm³/mol. The Morgan fingerprint density at radius 1 is 0.310 bits per heavy atom. The van der Waals surface area contributed by atoms with Crippen LogP contribution in [0.1, 0.15) is 0 Å². The minimum absolute atomic E-state index is 0.988. The molecule has 0 unspecified atom stereocenters. The van der Waals surface area contributed by atoms with Gasteiger partial charge in [0.05, 0.1) is 5.69 Å². The van der Waals surface area contributed by atoms with Crippen molar-refractivity contribution in [1.29, 1.82) is 0 Å². The average molecular weight is 534 g/mol. The second-order valence-corrected chi connectivity index (χ2v) is 10.8. The molecule has 0 aliphatic carbocycles. The highest BCUT2D eigenvalue weighted by Crippen LogP contribution is 2.44. The van der Waals surface area contributed by atoms with Crippen molar-refractivity contribution in [3.8, 4) is 44.6 Å². The maximum atomic E-state index is 4.75. The van der Waals surface area contributed by atoms with Gasteiger partial charge >= 0.3 is 0 Å². The van der Waals surface area contributed by atoms with Crippen LogP contribution in [0.2, 0.25) is 0 Å². The number of hydrogen-bond acceptors (Lipinski definition) is 1. The SMILES string of the molecule is c1ccc(-c2ccc(-c3ccc4cc(-c5c6ccccc6c(-c6ccccc6)c6ccccc56)ccc4c3)cn2)cc1. The van der Waals surface area contributed by atoms with E-state index in [0.717, 1.165) is 16.8 Å². The maximum absolute atomic E-state index is 4.75. The molecule has 0 saturated heterocycles. The van der Waals surface area contributed by atoms with Crippen LogP contribution in [0.25, 0.3) is 77.0 Å². The maximum Gasteiger partial charge on any atom is 0.0702 e. The van der Waals surface area contributed by atoms with Gasteiger partial charge in [-0.25, -0.2) is 0 Å². The third-order valence-corrected chi connectivity index (χ3v) is 8.29. The van der Waals surface area contributed by atoms with E-state index in [2.05, 4.69) is 140 Å². The van der Waals surface area contributed by atoms with Crippen molar-refractivity contribution in [2.75, 3.05) is 0 Å². The van der Waals surface area contributed by atoms with Crippen molar-refractivity contribution >= 4 is 32.3 Å². The molecule has 0 saturated carbocycles. The topological polar surface area (TPSA) is 12.9 Å². The van der Waals surface area contributed by atoms with Crippen LogP contribution >= 0.6 is 0 Å². The lowest BCUT2D eigenvalue weighted by atomic mass is 9.85. The van der Waals surface area contributed by atoms with Crippen LogP contribution in [0.5, 0.6) is 0 Å². The molecule has 196 valence electrons. The molecule has 0 spiro atoms. The van der Waals surface area contributed by atoms with E-state index in [0.29, 0.717) is 0 Å². The quantitative estimate of drug-likeness (QED) is 0.205. The number of benzene rings is 7. The minimum atomic E-state index is 0.988. The smallest absolute Gasteiger partial charge is 0.0702 e. The Kier molecular flexibility index (Phi) is 5.86. The normalized spacial score (nSPS) is 11.3. The Morgan fingerprint density at radius 3 is 1.31 bits per heavy atom. The summed E-state index contributed by atoms with van der Waals surface area (Å²) in [7, 11) is 0. The summed E-state index contributed by atoms with van der Waals surface area (Å²) in [6.07, 6.45) is 1.98. The molecule has 1 heterocycles. The molecule has 1 heteroatoms. The first kappa shape index (κ1) is 24.3. The lowest BCUT2D eigenvalue weighted by Crippen LogP contribution is -1.91. The summed E-state index contributed by atoms with van der Waals surface area (Å²) in [4.78, 5) is 4.75. The lowest BCUT2D eigenvalue weighted by molar-refractivity contribution is 1.33. The van der Waals surface area contributed by atoms with Crippen LogP contribution in [0, 0.1) is 0 Å². The van der Waals surface area contributed by atoms with Crippen LogP contribution in [-0.2, 0) is 0 Å². The van der Waals surface area contributed by atoms with Crippen molar-refractivity contribution in [2.45, 2.75) is 0 Å². The highest BCUT2D eigenvalue weighted by Gasteiger charge is 2.16. The number of rotatable bonds is 4. The molecule has 8 rings (SSSR count). The van der Waals surface area contributed by atoms with E-state index in [4.69, 9.17) is 4.98 Å². The first-order valence-corrected chi connectivity index (χ1v) is 14.4. The number of nitrogens with zero attached hydrogens (tertiary/aromatic N) is 1. The van der Waals surface area contributed by atoms with Gasteiger partial charge in [0.2, 0.25) is 0 Å². The summed E-state index contributed by atoms with van der Waals surface area (Å²) < 4.78 is 0. The summed E-state index contributed by atoms with van der Waals surface area (Å²) in [5, 5.41) is 7.55. The predicted octanol–water partition coefficient (Wildman–Crippen LogP) is 11.2. The second-order valence-electron chi connectivity index (χ2n) is 10.8. The molecule has 0 amide bonds. The summed E-state index contributed by atoms with van der Waals surface area (Å²) in [5.74, 6) is 0. The summed E-state index contributed by atoms with van der Waals surface area (Å²) in [5.41, 5.74) is 9.47. The van der Waals surface area contributed by atoms with E-state index < -0.39 is 0 Å². The number of aromatic nitrogens is 1. The highest BCUT2D eigenvalue weighted by atomic mass is 14.7. The Bertz CT molecular complexity index is 2160. The van der Waals surface area contributed by atoms with E-state index in [1.54, 1.807) is 0 Å². The van der Waals surface area contributed by atoms with Crippen LogP contribution in [0.4, 0.5) is 0 Å². The monoisotopic (exact) mass is 533 g/mol. The Labute approximate surface area is 245 Å². The van der Waals surface area contributed by atoms with Crippen molar-refractivity contribution in [3.63, 3.8) is 0 Å². The number of hydrogen-bond donors (Lipinski definition) is 0. The molecule has 0 aliphatic rings. The Balaban J connectivity index is 1.25. The minimum Gasteiger partial charge on any atom is -0.256 e. The highest BCUT2D eigenvalue weighted by molar-refractivity contribution is 6.21. The summed E-state index contributed by atoms with van der Waals surface area (Å²) in [6, 6.07) is 56.6. The Hall–Kier alpha value is -5.53. The summed E-state index contributed by atoms with van der Waals surface area (Å²) in [6.45, 7) is 0. The molecule has 1 nitrogen and oxygen atoms in total. The van der Waals surface area contributed by atoms with E-state index in [1.807, 2.05) is 24.4 Å². The summed E-state index contributed by atoms with van der Waals surface area (Å²) >= 11 is 0. The molecule has 0 atom stereocenters. The van der Waals surface area contributed by atoms with Gasteiger partial charge in [-0.15, -0.1) is 0 Å². The van der Waals surface area contributed by atoms with Crippen molar-refractivity contribution in [3.05, 3.63) is 164 Å². The molecule has 0 radical (unpaired) electrons. The van der Waals surface area contributed by atoms with Gasteiger partial charge in [0.25, 0.3) is 0 Å². The average Bonchev–Trinajstić information content (AvgIpc) is 3.07. The van der Waals surface area contributed by atoms with Crippen molar-refractivity contribution in [2.24, 2.45) is 0 Å². The van der Waals surface area contributed by atoms with Crippen LogP contribution in [0.3, 0.4) is 0 Å². The molecule has 0 N–H and O–H groups in total. The van der Waals surface area contributed by atoms with Gasteiger partial charge in [-0.05, 0) is 78.3 Å². The lowest BCUT2D eigenvalue weighted by Gasteiger charge is -2.18.